The SMILES string of the molecule is CC(C)(C)OC(=O)N1CCC(N[C@@H](Cc2ccc(Cl)cc2)C(=O)O)CC1. The Labute approximate surface area is 159 Å². The molecular formula is C19H27ClN2O4. The number of rotatable bonds is 5. The molecule has 6 nitrogen and oxygen atoms in total. The highest BCUT2D eigenvalue weighted by atomic mass is 35.5. The third-order valence-corrected chi connectivity index (χ3v) is 4.49. The topological polar surface area (TPSA) is 78.9 Å². The lowest BCUT2D eigenvalue weighted by molar-refractivity contribution is -0.139. The van der Waals surface area contributed by atoms with Gasteiger partial charge in [-0.1, -0.05) is 23.7 Å². The Hall–Kier alpha value is -1.79. The van der Waals surface area contributed by atoms with Gasteiger partial charge in [0, 0.05) is 24.2 Å². The number of piperidine rings is 1. The van der Waals surface area contributed by atoms with E-state index in [1.165, 1.54) is 0 Å². The highest BCUT2D eigenvalue weighted by Gasteiger charge is 2.29. The van der Waals surface area contributed by atoms with Crippen LogP contribution in [0.5, 0.6) is 0 Å². The van der Waals surface area contributed by atoms with Crippen molar-refractivity contribution < 1.29 is 19.4 Å². The monoisotopic (exact) mass is 382 g/mol. The van der Waals surface area contributed by atoms with Crippen LogP contribution in [-0.4, -0.2) is 52.8 Å². The standard InChI is InChI=1S/C19H27ClN2O4/c1-19(2,3)26-18(25)22-10-8-15(9-11-22)21-16(17(23)24)12-13-4-6-14(20)7-5-13/h4-7,15-16,21H,8-12H2,1-3H3,(H,23,24)/t16-/m0/s1. The van der Waals surface area contributed by atoms with Crippen molar-refractivity contribution in [3.63, 3.8) is 0 Å². The molecule has 1 fully saturated rings. The van der Waals surface area contributed by atoms with Crippen LogP contribution in [-0.2, 0) is 16.0 Å². The summed E-state index contributed by atoms with van der Waals surface area (Å²) in [5.74, 6) is -0.880. The Morgan fingerprint density at radius 1 is 1.27 bits per heavy atom. The number of carboxylic acids is 1. The first kappa shape index (κ1) is 20.5. The van der Waals surface area contributed by atoms with Crippen LogP contribution < -0.4 is 5.32 Å². The summed E-state index contributed by atoms with van der Waals surface area (Å²) in [6.45, 7) is 6.63. The maximum absolute atomic E-state index is 12.1. The van der Waals surface area contributed by atoms with Gasteiger partial charge < -0.3 is 20.1 Å². The van der Waals surface area contributed by atoms with E-state index in [0.717, 1.165) is 5.56 Å². The molecule has 0 bridgehead atoms. The molecule has 1 aromatic carbocycles. The molecule has 0 spiro atoms. The predicted octanol–water partition coefficient (Wildman–Crippen LogP) is 3.32. The van der Waals surface area contributed by atoms with Crippen LogP contribution in [0.3, 0.4) is 0 Å². The van der Waals surface area contributed by atoms with E-state index in [1.807, 2.05) is 32.9 Å². The minimum atomic E-state index is -0.880. The second-order valence-corrected chi connectivity index (χ2v) is 8.07. The van der Waals surface area contributed by atoms with Gasteiger partial charge in [-0.15, -0.1) is 0 Å². The number of ether oxygens (including phenoxy) is 1. The highest BCUT2D eigenvalue weighted by molar-refractivity contribution is 6.30. The lowest BCUT2D eigenvalue weighted by atomic mass is 10.0. The second-order valence-electron chi connectivity index (χ2n) is 7.63. The van der Waals surface area contributed by atoms with Crippen LogP contribution in [0.15, 0.2) is 24.3 Å². The number of carboxylic acid groups (broad SMARTS) is 1. The molecule has 1 amide bonds. The average molecular weight is 383 g/mol. The van der Waals surface area contributed by atoms with Gasteiger partial charge in [-0.25, -0.2) is 4.79 Å². The van der Waals surface area contributed by atoms with Crippen molar-refractivity contribution in [2.45, 2.75) is 57.7 Å². The molecule has 1 heterocycles. The fourth-order valence-electron chi connectivity index (χ4n) is 2.91. The molecular weight excluding hydrogens is 356 g/mol. The Morgan fingerprint density at radius 3 is 2.35 bits per heavy atom. The Bertz CT molecular complexity index is 619. The van der Waals surface area contributed by atoms with Crippen molar-refractivity contribution >= 4 is 23.7 Å². The molecule has 1 aliphatic rings. The number of amides is 1. The summed E-state index contributed by atoms with van der Waals surface area (Å²) in [7, 11) is 0. The maximum Gasteiger partial charge on any atom is 0.410 e. The van der Waals surface area contributed by atoms with Crippen molar-refractivity contribution in [1.82, 2.24) is 10.2 Å². The van der Waals surface area contributed by atoms with E-state index in [-0.39, 0.29) is 12.1 Å². The van der Waals surface area contributed by atoms with Gasteiger partial charge in [0.1, 0.15) is 11.6 Å². The third-order valence-electron chi connectivity index (χ3n) is 4.23. The summed E-state index contributed by atoms with van der Waals surface area (Å²) in [4.78, 5) is 25.4. The van der Waals surface area contributed by atoms with Gasteiger partial charge in [-0.2, -0.15) is 0 Å². The van der Waals surface area contributed by atoms with Gasteiger partial charge in [0.2, 0.25) is 0 Å². The molecule has 7 heteroatoms. The minimum Gasteiger partial charge on any atom is -0.480 e. The first-order valence-corrected chi connectivity index (χ1v) is 9.23. The number of likely N-dealkylation sites (tertiary alicyclic amines) is 1. The molecule has 2 N–H and O–H groups in total. The molecule has 0 radical (unpaired) electrons. The summed E-state index contributed by atoms with van der Waals surface area (Å²) < 4.78 is 5.38. The molecule has 0 unspecified atom stereocenters. The molecule has 0 aromatic heterocycles. The molecule has 1 aromatic rings. The Balaban J connectivity index is 1.86. The zero-order valence-electron chi connectivity index (χ0n) is 15.5. The number of halogens is 1. The van der Waals surface area contributed by atoms with Gasteiger partial charge in [0.05, 0.1) is 0 Å². The molecule has 0 aliphatic carbocycles. The zero-order valence-corrected chi connectivity index (χ0v) is 16.3. The van der Waals surface area contributed by atoms with E-state index in [0.29, 0.717) is 37.4 Å². The third kappa shape index (κ3) is 6.50. The van der Waals surface area contributed by atoms with E-state index < -0.39 is 17.6 Å². The maximum atomic E-state index is 12.1. The minimum absolute atomic E-state index is 0.0575. The largest absolute Gasteiger partial charge is 0.480 e. The highest BCUT2D eigenvalue weighted by Crippen LogP contribution is 2.17. The molecule has 144 valence electrons. The van der Waals surface area contributed by atoms with Gasteiger partial charge in [-0.3, -0.25) is 4.79 Å². The van der Waals surface area contributed by atoms with Crippen molar-refractivity contribution in [3.05, 3.63) is 34.9 Å². The van der Waals surface area contributed by atoms with E-state index in [9.17, 15) is 14.7 Å². The Kier molecular flexibility index (Phi) is 6.89. The lowest BCUT2D eigenvalue weighted by Gasteiger charge is -2.34. The number of nitrogens with one attached hydrogen (secondary N) is 1. The van der Waals surface area contributed by atoms with E-state index in [4.69, 9.17) is 16.3 Å². The number of carbonyl (C=O) groups is 2. The van der Waals surface area contributed by atoms with Gasteiger partial charge in [0.15, 0.2) is 0 Å². The average Bonchev–Trinajstić information content (AvgIpc) is 2.55. The Morgan fingerprint density at radius 2 is 1.85 bits per heavy atom. The fraction of sp³-hybridized carbons (Fsp3) is 0.579. The van der Waals surface area contributed by atoms with Crippen LogP contribution in [0.2, 0.25) is 5.02 Å². The zero-order chi connectivity index (χ0) is 19.3. The van der Waals surface area contributed by atoms with Crippen molar-refractivity contribution in [2.75, 3.05) is 13.1 Å². The lowest BCUT2D eigenvalue weighted by Crippen LogP contribution is -2.51. The number of benzene rings is 1. The van der Waals surface area contributed by atoms with Gasteiger partial charge in [0.25, 0.3) is 0 Å². The fourth-order valence-corrected chi connectivity index (χ4v) is 3.04. The van der Waals surface area contributed by atoms with Crippen LogP contribution in [0.1, 0.15) is 39.2 Å². The molecule has 0 saturated carbocycles. The first-order valence-electron chi connectivity index (χ1n) is 8.85. The molecule has 1 atom stereocenters. The van der Waals surface area contributed by atoms with E-state index in [1.54, 1.807) is 17.0 Å². The van der Waals surface area contributed by atoms with Gasteiger partial charge in [-0.05, 0) is 57.7 Å². The first-order chi connectivity index (χ1) is 12.1. The number of hydrogen-bond donors (Lipinski definition) is 2. The summed E-state index contributed by atoms with van der Waals surface area (Å²) in [6.07, 6.45) is 1.47. The summed E-state index contributed by atoms with van der Waals surface area (Å²) in [5.41, 5.74) is 0.402. The summed E-state index contributed by atoms with van der Waals surface area (Å²) in [6, 6.07) is 6.58. The van der Waals surface area contributed by atoms with Gasteiger partial charge >= 0.3 is 12.1 Å². The van der Waals surface area contributed by atoms with Crippen LogP contribution in [0.25, 0.3) is 0 Å². The number of hydrogen-bond acceptors (Lipinski definition) is 4. The number of aliphatic carboxylic acids is 1. The van der Waals surface area contributed by atoms with E-state index >= 15 is 0 Å². The van der Waals surface area contributed by atoms with Crippen LogP contribution >= 0.6 is 11.6 Å². The van der Waals surface area contributed by atoms with Crippen LogP contribution in [0.4, 0.5) is 4.79 Å². The molecule has 26 heavy (non-hydrogen) atoms. The molecule has 1 aliphatic heterocycles. The second kappa shape index (κ2) is 8.73. The van der Waals surface area contributed by atoms with E-state index in [2.05, 4.69) is 5.32 Å². The predicted molar refractivity (Wildman–Crippen MR) is 101 cm³/mol. The number of carbonyl (C=O) groups excluding carboxylic acids is 1. The van der Waals surface area contributed by atoms with Crippen LogP contribution in [0, 0.1) is 0 Å². The summed E-state index contributed by atoms with van der Waals surface area (Å²) >= 11 is 5.87. The molecule has 2 rings (SSSR count). The summed E-state index contributed by atoms with van der Waals surface area (Å²) in [5, 5.41) is 13.4. The molecule has 1 saturated heterocycles. The quantitative estimate of drug-likeness (QED) is 0.816. The smallest absolute Gasteiger partial charge is 0.410 e. The van der Waals surface area contributed by atoms with Crippen molar-refractivity contribution in [1.29, 1.82) is 0 Å². The normalized spacial score (nSPS) is 17.0. The van der Waals surface area contributed by atoms with Crippen molar-refractivity contribution in [2.24, 2.45) is 0 Å². The van der Waals surface area contributed by atoms with Crippen molar-refractivity contribution in [3.8, 4) is 0 Å². The number of nitrogens with zero attached hydrogens (tertiary/aromatic N) is 1.